The molecule has 1 aromatic carbocycles. The molecule has 0 aliphatic heterocycles. The molecule has 0 spiro atoms. The number of carbonyl (C=O) groups is 1. The van der Waals surface area contributed by atoms with Gasteiger partial charge in [-0.2, -0.15) is 13.2 Å². The molecule has 3 nitrogen and oxygen atoms in total. The molecular formula is C11H12BrF3N2O. The van der Waals surface area contributed by atoms with Crippen molar-refractivity contribution in [2.24, 2.45) is 0 Å². The van der Waals surface area contributed by atoms with Crippen molar-refractivity contribution in [3.8, 4) is 0 Å². The number of rotatable bonds is 3. The number of benzene rings is 1. The average molecular weight is 325 g/mol. The number of anilines is 1. The fourth-order valence-electron chi connectivity index (χ4n) is 1.40. The highest BCUT2D eigenvalue weighted by atomic mass is 79.9. The van der Waals surface area contributed by atoms with Crippen LogP contribution in [0.1, 0.15) is 17.3 Å². The molecule has 0 saturated carbocycles. The number of alkyl halides is 3. The van der Waals surface area contributed by atoms with Crippen LogP contribution < -0.4 is 5.73 Å². The predicted octanol–water partition coefficient (Wildman–Crippen LogP) is 3.06. The van der Waals surface area contributed by atoms with E-state index in [4.69, 9.17) is 5.73 Å². The van der Waals surface area contributed by atoms with E-state index in [1.54, 1.807) is 0 Å². The van der Waals surface area contributed by atoms with E-state index in [2.05, 4.69) is 15.9 Å². The van der Waals surface area contributed by atoms with Crippen LogP contribution in [0.3, 0.4) is 0 Å². The van der Waals surface area contributed by atoms with Crippen LogP contribution >= 0.6 is 15.9 Å². The van der Waals surface area contributed by atoms with Crippen molar-refractivity contribution in [2.45, 2.75) is 13.1 Å². The summed E-state index contributed by atoms with van der Waals surface area (Å²) in [7, 11) is 0. The zero-order valence-electron chi connectivity index (χ0n) is 9.59. The molecule has 0 atom stereocenters. The van der Waals surface area contributed by atoms with Gasteiger partial charge >= 0.3 is 6.18 Å². The minimum atomic E-state index is -4.41. The molecule has 0 aliphatic carbocycles. The van der Waals surface area contributed by atoms with Crippen molar-refractivity contribution in [3.05, 3.63) is 28.2 Å². The minimum Gasteiger partial charge on any atom is -0.398 e. The van der Waals surface area contributed by atoms with Crippen LogP contribution in [0.25, 0.3) is 0 Å². The largest absolute Gasteiger partial charge is 0.406 e. The highest BCUT2D eigenvalue weighted by molar-refractivity contribution is 9.10. The van der Waals surface area contributed by atoms with Gasteiger partial charge in [0.1, 0.15) is 6.54 Å². The first-order valence-corrected chi connectivity index (χ1v) is 5.95. The van der Waals surface area contributed by atoms with E-state index in [1.807, 2.05) is 0 Å². The monoisotopic (exact) mass is 324 g/mol. The van der Waals surface area contributed by atoms with Crippen molar-refractivity contribution in [1.82, 2.24) is 4.90 Å². The lowest BCUT2D eigenvalue weighted by molar-refractivity contribution is -0.140. The summed E-state index contributed by atoms with van der Waals surface area (Å²) < 4.78 is 37.5. The summed E-state index contributed by atoms with van der Waals surface area (Å²) >= 11 is 3.15. The van der Waals surface area contributed by atoms with E-state index in [1.165, 1.54) is 25.1 Å². The van der Waals surface area contributed by atoms with Gasteiger partial charge < -0.3 is 10.6 Å². The fraction of sp³-hybridized carbons (Fsp3) is 0.364. The van der Waals surface area contributed by atoms with Crippen LogP contribution in [-0.4, -0.2) is 30.1 Å². The lowest BCUT2D eigenvalue weighted by Gasteiger charge is -2.22. The Labute approximate surface area is 111 Å². The first-order valence-electron chi connectivity index (χ1n) is 5.15. The molecule has 0 radical (unpaired) electrons. The second-order valence-electron chi connectivity index (χ2n) is 3.67. The highest BCUT2D eigenvalue weighted by Gasteiger charge is 2.32. The Morgan fingerprint density at radius 3 is 2.50 bits per heavy atom. The third-order valence-electron chi connectivity index (χ3n) is 2.28. The molecule has 18 heavy (non-hydrogen) atoms. The van der Waals surface area contributed by atoms with Crippen molar-refractivity contribution >= 4 is 27.5 Å². The van der Waals surface area contributed by atoms with Crippen LogP contribution in [0.2, 0.25) is 0 Å². The van der Waals surface area contributed by atoms with Crippen LogP contribution in [0.15, 0.2) is 22.7 Å². The van der Waals surface area contributed by atoms with Crippen molar-refractivity contribution in [3.63, 3.8) is 0 Å². The lowest BCUT2D eigenvalue weighted by Crippen LogP contribution is -2.38. The highest BCUT2D eigenvalue weighted by Crippen LogP contribution is 2.22. The fourth-order valence-corrected chi connectivity index (χ4v) is 1.65. The van der Waals surface area contributed by atoms with Gasteiger partial charge in [0.2, 0.25) is 0 Å². The van der Waals surface area contributed by atoms with E-state index >= 15 is 0 Å². The maximum absolute atomic E-state index is 12.3. The molecule has 0 heterocycles. The molecule has 0 aliphatic rings. The zero-order valence-corrected chi connectivity index (χ0v) is 11.2. The van der Waals surface area contributed by atoms with Crippen molar-refractivity contribution < 1.29 is 18.0 Å². The topological polar surface area (TPSA) is 46.3 Å². The molecule has 1 aromatic rings. The van der Waals surface area contributed by atoms with Gasteiger partial charge in [0.15, 0.2) is 0 Å². The SMILES string of the molecule is CCN(CC(F)(F)F)C(=O)c1ccc(Br)c(N)c1. The number of amides is 1. The van der Waals surface area contributed by atoms with Gasteiger partial charge in [0.05, 0.1) is 0 Å². The van der Waals surface area contributed by atoms with Crippen molar-refractivity contribution in [1.29, 1.82) is 0 Å². The molecular weight excluding hydrogens is 313 g/mol. The Bertz CT molecular complexity index is 448. The number of nitrogen functional groups attached to an aromatic ring is 1. The summed E-state index contributed by atoms with van der Waals surface area (Å²) in [6.45, 7) is 0.207. The molecule has 2 N–H and O–H groups in total. The summed E-state index contributed by atoms with van der Waals surface area (Å²) in [5, 5.41) is 0. The molecule has 100 valence electrons. The van der Waals surface area contributed by atoms with Gasteiger partial charge in [-0.05, 0) is 41.1 Å². The number of hydrogen-bond acceptors (Lipinski definition) is 2. The lowest BCUT2D eigenvalue weighted by atomic mass is 10.1. The Kier molecular flexibility index (Phi) is 4.61. The van der Waals surface area contributed by atoms with Gasteiger partial charge in [-0.15, -0.1) is 0 Å². The van der Waals surface area contributed by atoms with Gasteiger partial charge in [-0.3, -0.25) is 4.79 Å². The zero-order chi connectivity index (χ0) is 13.9. The average Bonchev–Trinajstić information content (AvgIpc) is 2.27. The first-order chi connectivity index (χ1) is 8.24. The Morgan fingerprint density at radius 1 is 1.44 bits per heavy atom. The molecule has 0 bridgehead atoms. The maximum Gasteiger partial charge on any atom is 0.406 e. The van der Waals surface area contributed by atoms with E-state index < -0.39 is 18.6 Å². The predicted molar refractivity (Wildman–Crippen MR) is 66.2 cm³/mol. The second-order valence-corrected chi connectivity index (χ2v) is 4.53. The smallest absolute Gasteiger partial charge is 0.398 e. The standard InChI is InChI=1S/C11H12BrF3N2O/c1-2-17(6-11(13,14)15)10(18)7-3-4-8(12)9(16)5-7/h3-5H,2,6,16H2,1H3. The normalized spacial score (nSPS) is 11.4. The third-order valence-corrected chi connectivity index (χ3v) is 3.00. The Balaban J connectivity index is 2.93. The summed E-state index contributed by atoms with van der Waals surface area (Å²) in [6.07, 6.45) is -4.41. The second kappa shape index (κ2) is 5.60. The summed E-state index contributed by atoms with van der Waals surface area (Å²) in [4.78, 5) is 12.6. The minimum absolute atomic E-state index is 0.0195. The van der Waals surface area contributed by atoms with Gasteiger partial charge in [0.25, 0.3) is 5.91 Å². The third kappa shape index (κ3) is 3.90. The Morgan fingerprint density at radius 2 is 2.06 bits per heavy atom. The quantitative estimate of drug-likeness (QED) is 0.868. The van der Waals surface area contributed by atoms with E-state index in [9.17, 15) is 18.0 Å². The number of hydrogen-bond donors (Lipinski definition) is 1. The van der Waals surface area contributed by atoms with Gasteiger partial charge in [-0.1, -0.05) is 0 Å². The number of halogens is 4. The number of nitrogens with zero attached hydrogens (tertiary/aromatic N) is 1. The van der Waals surface area contributed by atoms with E-state index in [0.29, 0.717) is 10.2 Å². The van der Waals surface area contributed by atoms with E-state index in [-0.39, 0.29) is 12.1 Å². The number of nitrogens with two attached hydrogens (primary N) is 1. The first kappa shape index (κ1) is 14.8. The molecule has 7 heteroatoms. The molecule has 1 amide bonds. The van der Waals surface area contributed by atoms with Gasteiger partial charge in [0, 0.05) is 22.3 Å². The van der Waals surface area contributed by atoms with Crippen LogP contribution in [0, 0.1) is 0 Å². The maximum atomic E-state index is 12.3. The van der Waals surface area contributed by atoms with Crippen LogP contribution in [0.5, 0.6) is 0 Å². The molecule has 1 rings (SSSR count). The van der Waals surface area contributed by atoms with Crippen LogP contribution in [-0.2, 0) is 0 Å². The summed E-state index contributed by atoms with van der Waals surface area (Å²) in [5.41, 5.74) is 6.04. The molecule has 0 saturated heterocycles. The van der Waals surface area contributed by atoms with E-state index in [0.717, 1.165) is 4.90 Å². The van der Waals surface area contributed by atoms with Crippen LogP contribution in [0.4, 0.5) is 18.9 Å². The van der Waals surface area contributed by atoms with Crippen molar-refractivity contribution in [2.75, 3.05) is 18.8 Å². The molecule has 0 aromatic heterocycles. The molecule has 0 unspecified atom stereocenters. The van der Waals surface area contributed by atoms with Gasteiger partial charge in [-0.25, -0.2) is 0 Å². The number of carbonyl (C=O) groups excluding carboxylic acids is 1. The summed E-state index contributed by atoms with van der Waals surface area (Å²) in [6, 6.07) is 4.32. The molecule has 0 fully saturated rings. The summed E-state index contributed by atoms with van der Waals surface area (Å²) in [5.74, 6) is -0.686. The Hall–Kier alpha value is -1.24.